The Morgan fingerprint density at radius 3 is 2.77 bits per heavy atom. The van der Waals surface area contributed by atoms with E-state index in [2.05, 4.69) is 24.3 Å². The van der Waals surface area contributed by atoms with E-state index < -0.39 is 0 Å². The molecule has 30 heavy (non-hydrogen) atoms. The fourth-order valence-electron chi connectivity index (χ4n) is 8.34. The Morgan fingerprint density at radius 1 is 1.13 bits per heavy atom. The van der Waals surface area contributed by atoms with Crippen molar-refractivity contribution in [1.82, 2.24) is 0 Å². The molecule has 6 aliphatic rings. The molecule has 0 aromatic carbocycles. The van der Waals surface area contributed by atoms with Crippen LogP contribution in [0, 0.1) is 46.3 Å². The van der Waals surface area contributed by atoms with Gasteiger partial charge >= 0.3 is 5.97 Å². The first kappa shape index (κ1) is 19.0. The Kier molecular flexibility index (Phi) is 4.21. The van der Waals surface area contributed by atoms with Crippen LogP contribution in [-0.4, -0.2) is 24.1 Å². The van der Waals surface area contributed by atoms with Crippen molar-refractivity contribution in [2.75, 3.05) is 6.61 Å². The average Bonchev–Trinajstić information content (AvgIpc) is 3.53. The smallest absolute Gasteiger partial charge is 0.306 e. The van der Waals surface area contributed by atoms with Crippen molar-refractivity contribution < 1.29 is 19.1 Å². The molecule has 0 amide bonds. The van der Waals surface area contributed by atoms with Crippen LogP contribution in [-0.2, 0) is 19.1 Å². The van der Waals surface area contributed by atoms with E-state index in [0.717, 1.165) is 32.1 Å². The van der Waals surface area contributed by atoms with E-state index in [1.165, 1.54) is 12.8 Å². The number of carbonyl (C=O) groups excluding carboxylic acids is 3. The van der Waals surface area contributed by atoms with E-state index in [9.17, 15) is 14.4 Å². The SMILES string of the molecule is O=C1CC(CC2CC3C=CC2(C24C=CC(C2)C(C(=O)CC2CCCC2=O)C4)C3)CO1. The summed E-state index contributed by atoms with van der Waals surface area (Å²) in [5.41, 5.74) is 0.236. The minimum absolute atomic E-state index is 0.00962. The lowest BCUT2D eigenvalue weighted by Crippen LogP contribution is -2.41. The van der Waals surface area contributed by atoms with Gasteiger partial charge in [-0.15, -0.1) is 0 Å². The molecule has 0 radical (unpaired) electrons. The quantitative estimate of drug-likeness (QED) is 0.482. The van der Waals surface area contributed by atoms with E-state index in [4.69, 9.17) is 4.74 Å². The van der Waals surface area contributed by atoms with Crippen LogP contribution >= 0.6 is 0 Å². The summed E-state index contributed by atoms with van der Waals surface area (Å²) >= 11 is 0. The van der Waals surface area contributed by atoms with Gasteiger partial charge in [-0.3, -0.25) is 14.4 Å². The maximum absolute atomic E-state index is 13.2. The van der Waals surface area contributed by atoms with Crippen molar-refractivity contribution in [2.45, 2.75) is 64.2 Å². The van der Waals surface area contributed by atoms with Gasteiger partial charge in [-0.25, -0.2) is 0 Å². The number of ether oxygens (including phenoxy) is 1. The Labute approximate surface area is 178 Å². The Bertz CT molecular complexity index is 855. The van der Waals surface area contributed by atoms with Crippen molar-refractivity contribution in [3.8, 4) is 0 Å². The summed E-state index contributed by atoms with van der Waals surface area (Å²) < 4.78 is 5.25. The van der Waals surface area contributed by atoms with Crippen LogP contribution in [0.2, 0.25) is 0 Å². The van der Waals surface area contributed by atoms with Crippen LogP contribution in [0.15, 0.2) is 24.3 Å². The minimum atomic E-state index is -0.0419. The third-order valence-electron chi connectivity index (χ3n) is 9.72. The van der Waals surface area contributed by atoms with Gasteiger partial charge in [-0.2, -0.15) is 0 Å². The number of ketones is 2. The van der Waals surface area contributed by atoms with E-state index in [1.807, 2.05) is 0 Å². The summed E-state index contributed by atoms with van der Waals surface area (Å²) in [4.78, 5) is 36.9. The number of allylic oxidation sites excluding steroid dienone is 4. The van der Waals surface area contributed by atoms with Gasteiger partial charge in [-0.1, -0.05) is 24.3 Å². The Balaban J connectivity index is 1.22. The fourth-order valence-corrected chi connectivity index (χ4v) is 8.34. The third kappa shape index (κ3) is 2.67. The van der Waals surface area contributed by atoms with Gasteiger partial charge in [0.15, 0.2) is 0 Å². The summed E-state index contributed by atoms with van der Waals surface area (Å²) in [7, 11) is 0. The molecule has 3 saturated carbocycles. The number of Topliss-reactive ketones (excluding diaryl/α,β-unsaturated/α-hetero) is 2. The molecule has 6 rings (SSSR count). The highest BCUT2D eigenvalue weighted by molar-refractivity contribution is 5.90. The predicted octanol–water partition coefficient (Wildman–Crippen LogP) is 4.43. The van der Waals surface area contributed by atoms with Gasteiger partial charge < -0.3 is 4.74 Å². The number of fused-ring (bicyclic) bond motifs is 5. The first-order valence-corrected chi connectivity index (χ1v) is 12.1. The lowest BCUT2D eigenvalue weighted by atomic mass is 9.56. The van der Waals surface area contributed by atoms with Crippen molar-refractivity contribution >= 4 is 17.5 Å². The lowest BCUT2D eigenvalue weighted by molar-refractivity contribution is -0.138. The molecule has 4 fully saturated rings. The molecule has 0 spiro atoms. The molecule has 4 heteroatoms. The molecule has 8 atom stereocenters. The van der Waals surface area contributed by atoms with Gasteiger partial charge in [-0.05, 0) is 68.1 Å². The minimum Gasteiger partial charge on any atom is -0.465 e. The fraction of sp³-hybridized carbons (Fsp3) is 0.731. The molecule has 1 saturated heterocycles. The maximum Gasteiger partial charge on any atom is 0.306 e. The molecular weight excluding hydrogens is 376 g/mol. The van der Waals surface area contributed by atoms with Crippen molar-refractivity contribution in [3.63, 3.8) is 0 Å². The highest BCUT2D eigenvalue weighted by Crippen LogP contribution is 2.72. The van der Waals surface area contributed by atoms with E-state index in [1.54, 1.807) is 0 Å². The van der Waals surface area contributed by atoms with Crippen molar-refractivity contribution in [2.24, 2.45) is 46.3 Å². The second-order valence-corrected chi connectivity index (χ2v) is 11.2. The Hall–Kier alpha value is -1.71. The molecule has 160 valence electrons. The summed E-state index contributed by atoms with van der Waals surface area (Å²) in [5, 5.41) is 0. The third-order valence-corrected chi connectivity index (χ3v) is 9.72. The highest BCUT2D eigenvalue weighted by Gasteiger charge is 2.65. The van der Waals surface area contributed by atoms with Crippen molar-refractivity contribution in [3.05, 3.63) is 24.3 Å². The number of hydrogen-bond donors (Lipinski definition) is 0. The topological polar surface area (TPSA) is 60.4 Å². The number of hydrogen-bond acceptors (Lipinski definition) is 4. The van der Waals surface area contributed by atoms with Gasteiger partial charge in [0.1, 0.15) is 11.6 Å². The molecular formula is C26H32O4. The molecule has 0 N–H and O–H groups in total. The van der Waals surface area contributed by atoms with Crippen LogP contribution in [0.4, 0.5) is 0 Å². The predicted molar refractivity (Wildman–Crippen MR) is 111 cm³/mol. The first-order chi connectivity index (χ1) is 14.5. The largest absolute Gasteiger partial charge is 0.465 e. The van der Waals surface area contributed by atoms with Gasteiger partial charge in [0.05, 0.1) is 13.0 Å². The van der Waals surface area contributed by atoms with Crippen molar-refractivity contribution in [1.29, 1.82) is 0 Å². The summed E-state index contributed by atoms with van der Waals surface area (Å²) in [6, 6.07) is 0. The molecule has 1 aliphatic heterocycles. The molecule has 5 aliphatic carbocycles. The molecule has 4 bridgehead atoms. The summed E-state index contributed by atoms with van der Waals surface area (Å²) in [5.74, 6) is 2.64. The van der Waals surface area contributed by atoms with Crippen LogP contribution < -0.4 is 0 Å². The maximum atomic E-state index is 13.2. The second-order valence-electron chi connectivity index (χ2n) is 11.2. The van der Waals surface area contributed by atoms with Gasteiger partial charge in [0, 0.05) is 36.0 Å². The number of rotatable bonds is 6. The number of carbonyl (C=O) groups is 3. The second kappa shape index (κ2) is 6.64. The standard InChI is InChI=1S/C26H32O4/c27-22-3-1-2-18(22)11-23(28)21-14-25(6-5-19(21)13-25)26-7-4-16(12-26)8-20(26)9-17-10-24(29)30-15-17/h4-7,16-21H,1-3,8-15H2. The van der Waals surface area contributed by atoms with Gasteiger partial charge in [0.25, 0.3) is 0 Å². The van der Waals surface area contributed by atoms with Crippen LogP contribution in [0.1, 0.15) is 64.2 Å². The first-order valence-electron chi connectivity index (χ1n) is 12.1. The zero-order valence-corrected chi connectivity index (χ0v) is 17.7. The van der Waals surface area contributed by atoms with Gasteiger partial charge in [0.2, 0.25) is 0 Å². The number of esters is 1. The highest BCUT2D eigenvalue weighted by atomic mass is 16.5. The molecule has 8 unspecified atom stereocenters. The molecule has 0 aromatic heterocycles. The molecule has 1 heterocycles. The number of cyclic esters (lactones) is 1. The zero-order valence-electron chi connectivity index (χ0n) is 17.7. The summed E-state index contributed by atoms with van der Waals surface area (Å²) in [6.07, 6.45) is 18.8. The van der Waals surface area contributed by atoms with Crippen LogP contribution in [0.25, 0.3) is 0 Å². The summed E-state index contributed by atoms with van der Waals surface area (Å²) in [6.45, 7) is 0.585. The lowest BCUT2D eigenvalue weighted by Gasteiger charge is -2.47. The zero-order chi connectivity index (χ0) is 20.5. The van der Waals surface area contributed by atoms with Crippen LogP contribution in [0.5, 0.6) is 0 Å². The monoisotopic (exact) mass is 408 g/mol. The molecule has 0 aromatic rings. The molecule has 4 nitrogen and oxygen atoms in total. The van der Waals surface area contributed by atoms with E-state index in [-0.39, 0.29) is 28.6 Å². The van der Waals surface area contributed by atoms with E-state index >= 15 is 0 Å². The Morgan fingerprint density at radius 2 is 2.03 bits per heavy atom. The van der Waals surface area contributed by atoms with Crippen LogP contribution in [0.3, 0.4) is 0 Å². The average molecular weight is 409 g/mol. The van der Waals surface area contributed by atoms with E-state index in [0.29, 0.717) is 61.1 Å². The normalized spacial score (nSPS) is 48.3.